The van der Waals surface area contributed by atoms with Crippen LogP contribution in [0.2, 0.25) is 0 Å². The molecule has 0 saturated carbocycles. The minimum Gasteiger partial charge on any atom is -0.383 e. The quantitative estimate of drug-likeness (QED) is 0.707. The predicted molar refractivity (Wildman–Crippen MR) is 94.1 cm³/mol. The van der Waals surface area contributed by atoms with Crippen LogP contribution in [0.25, 0.3) is 0 Å². The molecular formula is C17H27N5O2. The maximum Gasteiger partial charge on any atom is 0.232 e. The number of fused-ring (bicyclic) bond motifs is 1. The molecule has 3 rings (SSSR count). The number of anilines is 3. The third-order valence-electron chi connectivity index (χ3n) is 4.73. The molecule has 3 N–H and O–H groups in total. The van der Waals surface area contributed by atoms with E-state index < -0.39 is 0 Å². The van der Waals surface area contributed by atoms with Gasteiger partial charge in [-0.25, -0.2) is 0 Å². The maximum absolute atomic E-state index is 12.3. The van der Waals surface area contributed by atoms with E-state index in [1.54, 1.807) is 4.90 Å². The van der Waals surface area contributed by atoms with E-state index in [-0.39, 0.29) is 5.91 Å². The standard InChI is InChI=1S/C17H27N5O2/c1-2-3-7-19-17-20-15(18)13-10-14(23)22(16(13)21-17)8-4-5-12-6-9-24-11-12/h12H,2-11H2,1H3,(H3,18,19,20,21). The van der Waals surface area contributed by atoms with E-state index >= 15 is 0 Å². The average molecular weight is 333 g/mol. The summed E-state index contributed by atoms with van der Waals surface area (Å²) in [7, 11) is 0. The molecule has 0 aromatic carbocycles. The zero-order chi connectivity index (χ0) is 16.9. The molecule has 0 spiro atoms. The van der Waals surface area contributed by atoms with E-state index in [0.717, 1.165) is 57.4 Å². The van der Waals surface area contributed by atoms with E-state index in [9.17, 15) is 4.79 Å². The zero-order valence-corrected chi connectivity index (χ0v) is 14.4. The Bertz CT molecular complexity index is 587. The highest BCUT2D eigenvalue weighted by molar-refractivity contribution is 6.01. The minimum absolute atomic E-state index is 0.0689. The highest BCUT2D eigenvalue weighted by Crippen LogP contribution is 2.32. The van der Waals surface area contributed by atoms with E-state index in [1.807, 2.05) is 0 Å². The number of nitrogens with one attached hydrogen (secondary N) is 1. The SMILES string of the molecule is CCCCNc1nc(N)c2c(n1)N(CCCC1CCOC1)C(=O)C2. The highest BCUT2D eigenvalue weighted by atomic mass is 16.5. The Morgan fingerprint density at radius 1 is 1.38 bits per heavy atom. The summed E-state index contributed by atoms with van der Waals surface area (Å²) in [5.74, 6) is 2.32. The third-order valence-corrected chi connectivity index (χ3v) is 4.73. The summed E-state index contributed by atoms with van der Waals surface area (Å²) in [6.45, 7) is 5.35. The fraction of sp³-hybridized carbons (Fsp3) is 0.706. The van der Waals surface area contributed by atoms with Crippen LogP contribution in [0.1, 0.15) is 44.6 Å². The van der Waals surface area contributed by atoms with Crippen molar-refractivity contribution in [2.75, 3.05) is 42.3 Å². The molecule has 24 heavy (non-hydrogen) atoms. The molecule has 1 fully saturated rings. The topological polar surface area (TPSA) is 93.4 Å². The van der Waals surface area contributed by atoms with Crippen molar-refractivity contribution in [2.45, 2.75) is 45.4 Å². The van der Waals surface area contributed by atoms with Crippen molar-refractivity contribution in [3.05, 3.63) is 5.56 Å². The van der Waals surface area contributed by atoms with Crippen molar-refractivity contribution in [1.29, 1.82) is 0 Å². The van der Waals surface area contributed by atoms with Crippen LogP contribution < -0.4 is 16.0 Å². The van der Waals surface area contributed by atoms with Crippen molar-refractivity contribution in [3.8, 4) is 0 Å². The van der Waals surface area contributed by atoms with Gasteiger partial charge in [-0.15, -0.1) is 0 Å². The van der Waals surface area contributed by atoms with Crippen LogP contribution in [-0.4, -0.2) is 42.2 Å². The largest absolute Gasteiger partial charge is 0.383 e. The Balaban J connectivity index is 1.65. The van der Waals surface area contributed by atoms with Crippen LogP contribution in [0.3, 0.4) is 0 Å². The molecule has 1 aromatic rings. The van der Waals surface area contributed by atoms with Gasteiger partial charge in [0, 0.05) is 31.9 Å². The number of carbonyl (C=O) groups is 1. The van der Waals surface area contributed by atoms with Crippen molar-refractivity contribution in [1.82, 2.24) is 9.97 Å². The maximum atomic E-state index is 12.3. The Labute approximate surface area is 143 Å². The van der Waals surface area contributed by atoms with Crippen LogP contribution in [0.5, 0.6) is 0 Å². The predicted octanol–water partition coefficient (Wildman–Crippen LogP) is 1.98. The molecule has 0 radical (unpaired) electrons. The third kappa shape index (κ3) is 3.77. The molecular weight excluding hydrogens is 306 g/mol. The Kier molecular flexibility index (Phi) is 5.50. The monoisotopic (exact) mass is 333 g/mol. The van der Waals surface area contributed by atoms with Crippen LogP contribution >= 0.6 is 0 Å². The number of unbranched alkanes of at least 4 members (excludes halogenated alkanes) is 1. The summed E-state index contributed by atoms with van der Waals surface area (Å²) < 4.78 is 5.41. The van der Waals surface area contributed by atoms with Crippen LogP contribution in [0.15, 0.2) is 0 Å². The number of amides is 1. The van der Waals surface area contributed by atoms with Crippen molar-refractivity contribution >= 4 is 23.5 Å². The van der Waals surface area contributed by atoms with Crippen LogP contribution in [-0.2, 0) is 16.0 Å². The Morgan fingerprint density at radius 3 is 3.00 bits per heavy atom. The molecule has 3 heterocycles. The smallest absolute Gasteiger partial charge is 0.232 e. The van der Waals surface area contributed by atoms with Gasteiger partial charge in [-0.2, -0.15) is 9.97 Å². The second-order valence-electron chi connectivity index (χ2n) is 6.61. The van der Waals surface area contributed by atoms with Gasteiger partial charge in [-0.3, -0.25) is 9.69 Å². The van der Waals surface area contributed by atoms with Crippen molar-refractivity contribution in [2.24, 2.45) is 5.92 Å². The first-order valence-corrected chi connectivity index (χ1v) is 8.97. The lowest BCUT2D eigenvalue weighted by atomic mass is 10.0. The van der Waals surface area contributed by atoms with Gasteiger partial charge in [0.05, 0.1) is 6.42 Å². The van der Waals surface area contributed by atoms with Crippen LogP contribution in [0.4, 0.5) is 17.6 Å². The highest BCUT2D eigenvalue weighted by Gasteiger charge is 2.31. The van der Waals surface area contributed by atoms with E-state index in [2.05, 4.69) is 22.2 Å². The van der Waals surface area contributed by atoms with E-state index in [0.29, 0.717) is 36.5 Å². The Hall–Kier alpha value is -1.89. The van der Waals surface area contributed by atoms with E-state index in [4.69, 9.17) is 10.5 Å². The first-order chi connectivity index (χ1) is 11.7. The number of rotatable bonds is 8. The van der Waals surface area contributed by atoms with Gasteiger partial charge in [-0.05, 0) is 31.6 Å². The lowest BCUT2D eigenvalue weighted by Gasteiger charge is -2.18. The van der Waals surface area contributed by atoms with Gasteiger partial charge >= 0.3 is 0 Å². The number of nitrogens with two attached hydrogens (primary N) is 1. The van der Waals surface area contributed by atoms with Gasteiger partial charge < -0.3 is 15.8 Å². The summed E-state index contributed by atoms with van der Waals surface area (Å²) in [5, 5.41) is 3.20. The van der Waals surface area contributed by atoms with E-state index in [1.165, 1.54) is 0 Å². The number of hydrogen-bond donors (Lipinski definition) is 2. The first kappa shape index (κ1) is 17.0. The van der Waals surface area contributed by atoms with Gasteiger partial charge in [0.1, 0.15) is 11.6 Å². The molecule has 1 amide bonds. The van der Waals surface area contributed by atoms with Gasteiger partial charge in [0.15, 0.2) is 0 Å². The molecule has 2 aliphatic heterocycles. The first-order valence-electron chi connectivity index (χ1n) is 8.97. The normalized spacial score (nSPS) is 19.8. The fourth-order valence-corrected chi connectivity index (χ4v) is 3.28. The van der Waals surface area contributed by atoms with Crippen LogP contribution in [0, 0.1) is 5.92 Å². The number of aromatic nitrogens is 2. The second-order valence-corrected chi connectivity index (χ2v) is 6.61. The lowest BCUT2D eigenvalue weighted by molar-refractivity contribution is -0.117. The molecule has 1 saturated heterocycles. The number of ether oxygens (including phenoxy) is 1. The molecule has 7 nitrogen and oxygen atoms in total. The van der Waals surface area contributed by atoms with Crippen molar-refractivity contribution < 1.29 is 9.53 Å². The number of hydrogen-bond acceptors (Lipinski definition) is 6. The Morgan fingerprint density at radius 2 is 2.25 bits per heavy atom. The summed E-state index contributed by atoms with van der Waals surface area (Å²) >= 11 is 0. The summed E-state index contributed by atoms with van der Waals surface area (Å²) in [5.41, 5.74) is 6.81. The van der Waals surface area contributed by atoms with Gasteiger partial charge in [0.25, 0.3) is 0 Å². The summed E-state index contributed by atoms with van der Waals surface area (Å²) in [6, 6.07) is 0. The molecule has 0 aliphatic carbocycles. The molecule has 7 heteroatoms. The number of carbonyl (C=O) groups excluding carboxylic acids is 1. The van der Waals surface area contributed by atoms with Gasteiger partial charge in [0.2, 0.25) is 11.9 Å². The molecule has 1 atom stereocenters. The number of nitrogen functional groups attached to an aromatic ring is 1. The average Bonchev–Trinajstić information content (AvgIpc) is 3.17. The molecule has 0 bridgehead atoms. The zero-order valence-electron chi connectivity index (χ0n) is 14.4. The fourth-order valence-electron chi connectivity index (χ4n) is 3.28. The molecule has 132 valence electrons. The van der Waals surface area contributed by atoms with Gasteiger partial charge in [-0.1, -0.05) is 13.3 Å². The lowest BCUT2D eigenvalue weighted by Crippen LogP contribution is -2.29. The minimum atomic E-state index is 0.0689. The summed E-state index contributed by atoms with van der Waals surface area (Å²) in [4.78, 5) is 22.9. The number of nitrogens with zero attached hydrogens (tertiary/aromatic N) is 3. The summed E-state index contributed by atoms with van der Waals surface area (Å²) in [6.07, 6.45) is 5.63. The van der Waals surface area contributed by atoms with Crippen molar-refractivity contribution in [3.63, 3.8) is 0 Å². The molecule has 1 aromatic heterocycles. The molecule has 1 unspecified atom stereocenters. The molecule has 2 aliphatic rings. The second kappa shape index (κ2) is 7.79.